The van der Waals surface area contributed by atoms with Gasteiger partial charge in [-0.3, -0.25) is 4.79 Å². The van der Waals surface area contributed by atoms with E-state index in [1.54, 1.807) is 25.2 Å². The van der Waals surface area contributed by atoms with Crippen LogP contribution < -0.4 is 4.74 Å². The van der Waals surface area contributed by atoms with E-state index < -0.39 is 0 Å². The Kier molecular flexibility index (Phi) is 5.68. The molecule has 5 heteroatoms. The highest BCUT2D eigenvalue weighted by Crippen LogP contribution is 2.14. The molecule has 0 saturated carbocycles. The first-order valence-electron chi connectivity index (χ1n) is 5.61. The number of nitriles is 1. The van der Waals surface area contributed by atoms with E-state index in [2.05, 4.69) is 0 Å². The SMILES string of the molecule is CN(CCO)C(=O)Cc1cccc(OCC#N)c1. The van der Waals surface area contributed by atoms with E-state index in [4.69, 9.17) is 15.1 Å². The molecule has 0 bridgehead atoms. The first-order chi connectivity index (χ1) is 8.67. The van der Waals surface area contributed by atoms with Gasteiger partial charge in [0.1, 0.15) is 11.8 Å². The van der Waals surface area contributed by atoms with E-state index in [0.717, 1.165) is 5.56 Å². The fraction of sp³-hybridized carbons (Fsp3) is 0.385. The number of hydrogen-bond donors (Lipinski definition) is 1. The Labute approximate surface area is 106 Å². The first-order valence-corrected chi connectivity index (χ1v) is 5.61. The van der Waals surface area contributed by atoms with Crippen molar-refractivity contribution < 1.29 is 14.6 Å². The Morgan fingerprint density at radius 2 is 2.33 bits per heavy atom. The number of aliphatic hydroxyl groups is 1. The maximum absolute atomic E-state index is 11.7. The zero-order valence-corrected chi connectivity index (χ0v) is 10.3. The van der Waals surface area contributed by atoms with Crippen LogP contribution in [-0.4, -0.2) is 42.7 Å². The number of benzene rings is 1. The molecule has 0 spiro atoms. The van der Waals surface area contributed by atoms with Crippen LogP contribution in [0.4, 0.5) is 0 Å². The van der Waals surface area contributed by atoms with Crippen molar-refractivity contribution in [2.75, 3.05) is 26.8 Å². The number of aliphatic hydroxyl groups excluding tert-OH is 1. The smallest absolute Gasteiger partial charge is 0.226 e. The van der Waals surface area contributed by atoms with Crippen LogP contribution in [0.2, 0.25) is 0 Å². The summed E-state index contributed by atoms with van der Waals surface area (Å²) in [5.74, 6) is 0.508. The van der Waals surface area contributed by atoms with Crippen molar-refractivity contribution in [2.45, 2.75) is 6.42 Å². The van der Waals surface area contributed by atoms with Gasteiger partial charge < -0.3 is 14.7 Å². The van der Waals surface area contributed by atoms with Gasteiger partial charge >= 0.3 is 0 Å². The standard InChI is InChI=1S/C13H16N2O3/c1-15(6-7-16)13(17)10-11-3-2-4-12(9-11)18-8-5-14/h2-4,9,16H,6-8,10H2,1H3. The fourth-order valence-electron chi connectivity index (χ4n) is 1.45. The third-order valence-electron chi connectivity index (χ3n) is 2.42. The molecule has 0 aliphatic heterocycles. The van der Waals surface area contributed by atoms with Crippen molar-refractivity contribution in [3.63, 3.8) is 0 Å². The lowest BCUT2D eigenvalue weighted by molar-refractivity contribution is -0.129. The fourth-order valence-corrected chi connectivity index (χ4v) is 1.45. The quantitative estimate of drug-likeness (QED) is 0.799. The van der Waals surface area contributed by atoms with Crippen LogP contribution in [0, 0.1) is 11.3 Å². The summed E-state index contributed by atoms with van der Waals surface area (Å²) in [6.45, 7) is 0.263. The first kappa shape index (κ1) is 14.0. The lowest BCUT2D eigenvalue weighted by Crippen LogP contribution is -2.30. The number of nitrogens with zero attached hydrogens (tertiary/aromatic N) is 2. The molecule has 1 rings (SSSR count). The van der Waals surface area contributed by atoms with E-state index in [0.29, 0.717) is 12.3 Å². The number of ether oxygens (including phenoxy) is 1. The molecule has 0 unspecified atom stereocenters. The zero-order chi connectivity index (χ0) is 13.4. The summed E-state index contributed by atoms with van der Waals surface area (Å²) >= 11 is 0. The molecule has 96 valence electrons. The van der Waals surface area contributed by atoms with Crippen LogP contribution in [0.25, 0.3) is 0 Å². The average molecular weight is 248 g/mol. The molecule has 0 heterocycles. The van der Waals surface area contributed by atoms with Gasteiger partial charge in [0.2, 0.25) is 5.91 Å². The van der Waals surface area contributed by atoms with E-state index in [1.807, 2.05) is 12.1 Å². The summed E-state index contributed by atoms with van der Waals surface area (Å²) in [6.07, 6.45) is 0.250. The normalized spacial score (nSPS) is 9.61. The Morgan fingerprint density at radius 1 is 1.56 bits per heavy atom. The van der Waals surface area contributed by atoms with Gasteiger partial charge in [0.05, 0.1) is 13.0 Å². The molecule has 0 aliphatic rings. The molecule has 0 radical (unpaired) electrons. The number of amides is 1. The number of hydrogen-bond acceptors (Lipinski definition) is 4. The lowest BCUT2D eigenvalue weighted by Gasteiger charge is -2.15. The maximum atomic E-state index is 11.7. The topological polar surface area (TPSA) is 73.6 Å². The van der Waals surface area contributed by atoms with Gasteiger partial charge in [0.25, 0.3) is 0 Å². The monoisotopic (exact) mass is 248 g/mol. The van der Waals surface area contributed by atoms with Crippen molar-refractivity contribution in [2.24, 2.45) is 0 Å². The highest BCUT2D eigenvalue weighted by Gasteiger charge is 2.09. The average Bonchev–Trinajstić information content (AvgIpc) is 2.37. The van der Waals surface area contributed by atoms with Gasteiger partial charge in [0.15, 0.2) is 6.61 Å². The summed E-state index contributed by atoms with van der Waals surface area (Å²) in [7, 11) is 1.65. The van der Waals surface area contributed by atoms with Crippen molar-refractivity contribution in [1.82, 2.24) is 4.90 Å². The third-order valence-corrected chi connectivity index (χ3v) is 2.42. The van der Waals surface area contributed by atoms with Crippen LogP contribution in [0.15, 0.2) is 24.3 Å². The van der Waals surface area contributed by atoms with Crippen molar-refractivity contribution in [3.8, 4) is 11.8 Å². The number of rotatable bonds is 6. The summed E-state index contributed by atoms with van der Waals surface area (Å²) in [5.41, 5.74) is 0.820. The molecule has 0 atom stereocenters. The second-order valence-electron chi connectivity index (χ2n) is 3.81. The molecular formula is C13H16N2O3. The van der Waals surface area contributed by atoms with Gasteiger partial charge in [-0.15, -0.1) is 0 Å². The van der Waals surface area contributed by atoms with Gasteiger partial charge in [-0.05, 0) is 17.7 Å². The van der Waals surface area contributed by atoms with Crippen LogP contribution in [-0.2, 0) is 11.2 Å². The molecule has 0 aliphatic carbocycles. The second-order valence-corrected chi connectivity index (χ2v) is 3.81. The minimum absolute atomic E-state index is 0.0121. The molecule has 0 saturated heterocycles. The van der Waals surface area contributed by atoms with Crippen LogP contribution in [0.3, 0.4) is 0 Å². The van der Waals surface area contributed by atoms with Crippen molar-refractivity contribution in [1.29, 1.82) is 5.26 Å². The van der Waals surface area contributed by atoms with Crippen LogP contribution in [0.1, 0.15) is 5.56 Å². The number of carbonyl (C=O) groups excluding carboxylic acids is 1. The molecule has 5 nitrogen and oxygen atoms in total. The Balaban J connectivity index is 2.61. The second kappa shape index (κ2) is 7.30. The predicted molar refractivity (Wildman–Crippen MR) is 66.0 cm³/mol. The van der Waals surface area contributed by atoms with Gasteiger partial charge in [-0.25, -0.2) is 0 Å². The Morgan fingerprint density at radius 3 is 3.00 bits per heavy atom. The Hall–Kier alpha value is -2.06. The summed E-state index contributed by atoms with van der Waals surface area (Å²) in [4.78, 5) is 13.2. The van der Waals surface area contributed by atoms with Crippen molar-refractivity contribution >= 4 is 5.91 Å². The molecule has 1 aromatic carbocycles. The molecule has 0 fully saturated rings. The molecule has 18 heavy (non-hydrogen) atoms. The minimum atomic E-state index is -0.0681. The highest BCUT2D eigenvalue weighted by atomic mass is 16.5. The molecule has 1 amide bonds. The molecular weight excluding hydrogens is 232 g/mol. The largest absolute Gasteiger partial charge is 0.479 e. The third kappa shape index (κ3) is 4.44. The number of likely N-dealkylation sites (N-methyl/N-ethyl adjacent to an activating group) is 1. The van der Waals surface area contributed by atoms with E-state index in [-0.39, 0.29) is 25.5 Å². The maximum Gasteiger partial charge on any atom is 0.226 e. The van der Waals surface area contributed by atoms with Gasteiger partial charge in [0, 0.05) is 13.6 Å². The van der Waals surface area contributed by atoms with E-state index >= 15 is 0 Å². The summed E-state index contributed by atoms with van der Waals surface area (Å²) in [5, 5.41) is 17.2. The highest BCUT2D eigenvalue weighted by molar-refractivity contribution is 5.78. The Bertz CT molecular complexity index is 440. The van der Waals surface area contributed by atoms with Crippen LogP contribution in [0.5, 0.6) is 5.75 Å². The molecule has 1 aromatic rings. The molecule has 0 aromatic heterocycles. The summed E-state index contributed by atoms with van der Waals surface area (Å²) in [6, 6.07) is 8.97. The lowest BCUT2D eigenvalue weighted by atomic mass is 10.1. The number of carbonyl (C=O) groups is 1. The zero-order valence-electron chi connectivity index (χ0n) is 10.3. The van der Waals surface area contributed by atoms with Gasteiger partial charge in [-0.1, -0.05) is 12.1 Å². The van der Waals surface area contributed by atoms with E-state index in [1.165, 1.54) is 4.90 Å². The van der Waals surface area contributed by atoms with Gasteiger partial charge in [-0.2, -0.15) is 5.26 Å². The predicted octanol–water partition coefficient (Wildman–Crippen LogP) is 0.582. The summed E-state index contributed by atoms with van der Waals surface area (Å²) < 4.78 is 5.16. The molecule has 1 N–H and O–H groups in total. The minimum Gasteiger partial charge on any atom is -0.479 e. The van der Waals surface area contributed by atoms with Crippen molar-refractivity contribution in [3.05, 3.63) is 29.8 Å². The van der Waals surface area contributed by atoms with Crippen LogP contribution >= 0.6 is 0 Å². The van der Waals surface area contributed by atoms with E-state index in [9.17, 15) is 4.79 Å².